The normalized spacial score (nSPS) is 18.3. The van der Waals surface area contributed by atoms with Crippen molar-refractivity contribution in [1.82, 2.24) is 19.9 Å². The minimum absolute atomic E-state index is 0.458. The Morgan fingerprint density at radius 2 is 2.17 bits per heavy atom. The van der Waals surface area contributed by atoms with E-state index in [2.05, 4.69) is 22.1 Å². The van der Waals surface area contributed by atoms with Gasteiger partial charge in [-0.05, 0) is 19.8 Å². The summed E-state index contributed by atoms with van der Waals surface area (Å²) >= 11 is 0. The van der Waals surface area contributed by atoms with E-state index in [9.17, 15) is 0 Å². The predicted molar refractivity (Wildman–Crippen MR) is 69.0 cm³/mol. The van der Waals surface area contributed by atoms with Crippen LogP contribution < -0.4 is 5.73 Å². The minimum Gasteiger partial charge on any atom is -0.378 e. The molecule has 1 fully saturated rings. The van der Waals surface area contributed by atoms with Gasteiger partial charge in [0.1, 0.15) is 0 Å². The molecular formula is C12H23N5O. The number of likely N-dealkylation sites (tertiary alicyclic amines) is 1. The zero-order valence-electron chi connectivity index (χ0n) is 11.1. The largest absolute Gasteiger partial charge is 0.378 e. The lowest BCUT2D eigenvalue weighted by Crippen LogP contribution is -2.38. The summed E-state index contributed by atoms with van der Waals surface area (Å²) in [6.07, 6.45) is 4.66. The summed E-state index contributed by atoms with van der Waals surface area (Å²) in [6, 6.07) is 0. The van der Waals surface area contributed by atoms with Crippen LogP contribution in [-0.4, -0.2) is 52.2 Å². The van der Waals surface area contributed by atoms with Gasteiger partial charge in [-0.3, -0.25) is 4.68 Å². The fraction of sp³-hybridized carbons (Fsp3) is 0.833. The van der Waals surface area contributed by atoms with Crippen LogP contribution in [0.1, 0.15) is 25.5 Å². The Morgan fingerprint density at radius 1 is 1.39 bits per heavy atom. The summed E-state index contributed by atoms with van der Waals surface area (Å²) in [7, 11) is 0. The summed E-state index contributed by atoms with van der Waals surface area (Å²) in [5.74, 6) is 0. The Kier molecular flexibility index (Phi) is 5.10. The van der Waals surface area contributed by atoms with E-state index in [1.165, 1.54) is 0 Å². The number of hydrogen-bond acceptors (Lipinski definition) is 5. The van der Waals surface area contributed by atoms with E-state index in [1.54, 1.807) is 0 Å². The third-order valence-corrected chi connectivity index (χ3v) is 3.38. The Bertz CT molecular complexity index is 346. The molecule has 2 N–H and O–H groups in total. The zero-order valence-corrected chi connectivity index (χ0v) is 11.1. The van der Waals surface area contributed by atoms with Crippen molar-refractivity contribution in [2.45, 2.75) is 39.0 Å². The maximum absolute atomic E-state index is 5.64. The highest BCUT2D eigenvalue weighted by Gasteiger charge is 2.18. The molecule has 1 aromatic heterocycles. The number of ether oxygens (including phenoxy) is 1. The van der Waals surface area contributed by atoms with Gasteiger partial charge in [-0.2, -0.15) is 0 Å². The van der Waals surface area contributed by atoms with Crippen molar-refractivity contribution in [2.75, 3.05) is 26.2 Å². The lowest BCUT2D eigenvalue weighted by molar-refractivity contribution is 0.0134. The van der Waals surface area contributed by atoms with E-state index in [-0.39, 0.29) is 0 Å². The summed E-state index contributed by atoms with van der Waals surface area (Å²) in [6.45, 7) is 7.47. The van der Waals surface area contributed by atoms with Gasteiger partial charge < -0.3 is 15.4 Å². The molecule has 102 valence electrons. The summed E-state index contributed by atoms with van der Waals surface area (Å²) < 4.78 is 7.52. The molecule has 1 aromatic rings. The minimum atomic E-state index is 0.458. The molecule has 2 heterocycles. The molecule has 0 radical (unpaired) electrons. The molecule has 1 aliphatic rings. The average Bonchev–Trinajstić information content (AvgIpc) is 2.86. The molecule has 2 rings (SSSR count). The van der Waals surface area contributed by atoms with Crippen LogP contribution in [-0.2, 0) is 17.8 Å². The van der Waals surface area contributed by atoms with Crippen LogP contribution in [0, 0.1) is 0 Å². The number of rotatable bonds is 6. The number of aromatic nitrogens is 3. The quantitative estimate of drug-likeness (QED) is 0.786. The second kappa shape index (κ2) is 6.82. The Hall–Kier alpha value is -0.980. The van der Waals surface area contributed by atoms with Crippen molar-refractivity contribution in [1.29, 1.82) is 0 Å². The zero-order chi connectivity index (χ0) is 12.8. The van der Waals surface area contributed by atoms with Gasteiger partial charge in [0, 0.05) is 39.0 Å². The first kappa shape index (κ1) is 13.5. The standard InChI is InChI=1S/C12H23N5O/c1-2-18-12-3-5-16(6-4-12)7-8-17-10-11(9-13)14-15-17/h10,12H,2-9,13H2,1H3. The highest BCUT2D eigenvalue weighted by atomic mass is 16.5. The van der Waals surface area contributed by atoms with Gasteiger partial charge in [0.15, 0.2) is 0 Å². The van der Waals surface area contributed by atoms with E-state index in [4.69, 9.17) is 10.5 Å². The van der Waals surface area contributed by atoms with E-state index >= 15 is 0 Å². The second-order valence-electron chi connectivity index (χ2n) is 4.67. The number of nitrogens with zero attached hydrogens (tertiary/aromatic N) is 4. The highest BCUT2D eigenvalue weighted by molar-refractivity contribution is 4.90. The summed E-state index contributed by atoms with van der Waals surface area (Å²) in [5, 5.41) is 8.04. The fourth-order valence-corrected chi connectivity index (χ4v) is 2.32. The van der Waals surface area contributed by atoms with Crippen LogP contribution in [0.3, 0.4) is 0 Å². The Balaban J connectivity index is 1.68. The third-order valence-electron chi connectivity index (χ3n) is 3.38. The molecule has 1 aliphatic heterocycles. The van der Waals surface area contributed by atoms with Gasteiger partial charge in [0.2, 0.25) is 0 Å². The van der Waals surface area contributed by atoms with Crippen LogP contribution >= 0.6 is 0 Å². The van der Waals surface area contributed by atoms with Crippen LogP contribution in [0.25, 0.3) is 0 Å². The molecule has 0 saturated carbocycles. The molecule has 0 spiro atoms. The van der Waals surface area contributed by atoms with Crippen molar-refractivity contribution >= 4 is 0 Å². The average molecular weight is 253 g/mol. The molecule has 0 unspecified atom stereocenters. The van der Waals surface area contributed by atoms with Gasteiger partial charge >= 0.3 is 0 Å². The van der Waals surface area contributed by atoms with E-state index in [1.807, 2.05) is 10.9 Å². The molecule has 0 aliphatic carbocycles. The van der Waals surface area contributed by atoms with E-state index in [0.717, 1.165) is 51.3 Å². The molecule has 0 atom stereocenters. The molecular weight excluding hydrogens is 230 g/mol. The van der Waals surface area contributed by atoms with Crippen LogP contribution in [0.2, 0.25) is 0 Å². The van der Waals surface area contributed by atoms with Crippen molar-refractivity contribution in [3.8, 4) is 0 Å². The maximum Gasteiger partial charge on any atom is 0.0962 e. The van der Waals surface area contributed by atoms with E-state index < -0.39 is 0 Å². The third kappa shape index (κ3) is 3.76. The second-order valence-corrected chi connectivity index (χ2v) is 4.67. The molecule has 0 aromatic carbocycles. The lowest BCUT2D eigenvalue weighted by Gasteiger charge is -2.31. The fourth-order valence-electron chi connectivity index (χ4n) is 2.32. The van der Waals surface area contributed by atoms with Gasteiger partial charge in [0.05, 0.1) is 18.3 Å². The van der Waals surface area contributed by atoms with Crippen LogP contribution in [0.4, 0.5) is 0 Å². The van der Waals surface area contributed by atoms with Gasteiger partial charge in [-0.25, -0.2) is 0 Å². The van der Waals surface area contributed by atoms with Gasteiger partial charge in [-0.1, -0.05) is 5.21 Å². The summed E-state index contributed by atoms with van der Waals surface area (Å²) in [4.78, 5) is 2.46. The predicted octanol–water partition coefficient (Wildman–Crippen LogP) is 0.238. The first-order chi connectivity index (χ1) is 8.81. The van der Waals surface area contributed by atoms with Crippen molar-refractivity contribution in [3.05, 3.63) is 11.9 Å². The van der Waals surface area contributed by atoms with Gasteiger partial charge in [-0.15, -0.1) is 5.10 Å². The van der Waals surface area contributed by atoms with Gasteiger partial charge in [0.25, 0.3) is 0 Å². The number of nitrogens with two attached hydrogens (primary N) is 1. The van der Waals surface area contributed by atoms with Crippen molar-refractivity contribution < 1.29 is 4.74 Å². The Labute approximate surface area is 108 Å². The number of hydrogen-bond donors (Lipinski definition) is 1. The Morgan fingerprint density at radius 3 is 2.78 bits per heavy atom. The first-order valence-corrected chi connectivity index (χ1v) is 6.75. The molecule has 1 saturated heterocycles. The van der Waals surface area contributed by atoms with Crippen molar-refractivity contribution in [2.24, 2.45) is 5.73 Å². The monoisotopic (exact) mass is 253 g/mol. The molecule has 6 nitrogen and oxygen atoms in total. The van der Waals surface area contributed by atoms with Crippen LogP contribution in [0.5, 0.6) is 0 Å². The van der Waals surface area contributed by atoms with Crippen LogP contribution in [0.15, 0.2) is 6.20 Å². The highest BCUT2D eigenvalue weighted by Crippen LogP contribution is 2.13. The lowest BCUT2D eigenvalue weighted by atomic mass is 10.1. The molecule has 0 amide bonds. The topological polar surface area (TPSA) is 69.2 Å². The first-order valence-electron chi connectivity index (χ1n) is 6.75. The summed E-state index contributed by atoms with van der Waals surface area (Å²) in [5.41, 5.74) is 6.36. The SMILES string of the molecule is CCOC1CCN(CCn2cc(CN)nn2)CC1. The molecule has 0 bridgehead atoms. The van der Waals surface area contributed by atoms with Crippen molar-refractivity contribution in [3.63, 3.8) is 0 Å². The maximum atomic E-state index is 5.64. The van der Waals surface area contributed by atoms with E-state index in [0.29, 0.717) is 12.6 Å². The molecule has 18 heavy (non-hydrogen) atoms. The smallest absolute Gasteiger partial charge is 0.0962 e. The molecule has 6 heteroatoms. The number of piperidine rings is 1.